The van der Waals surface area contributed by atoms with Gasteiger partial charge >= 0.3 is 6.18 Å². The molecule has 45 heavy (non-hydrogen) atoms. The Morgan fingerprint density at radius 3 is 2.04 bits per heavy atom. The van der Waals surface area contributed by atoms with Crippen LogP contribution >= 0.6 is 0 Å². The topological polar surface area (TPSA) is 62.0 Å². The number of nitrogens with zero attached hydrogens (tertiary/aromatic N) is 4. The van der Waals surface area contributed by atoms with E-state index in [4.69, 9.17) is 10.00 Å². The Balaban J connectivity index is 0.000000237. The predicted octanol–water partition coefficient (Wildman–Crippen LogP) is 10.1. The van der Waals surface area contributed by atoms with Crippen LogP contribution in [0, 0.1) is 31.1 Å². The van der Waals surface area contributed by atoms with E-state index in [-0.39, 0.29) is 11.1 Å². The van der Waals surface area contributed by atoms with Crippen LogP contribution in [0.4, 0.5) is 27.8 Å². The minimum absolute atomic E-state index is 0.0332. The van der Waals surface area contributed by atoms with Crippen LogP contribution < -0.4 is 9.64 Å². The molecule has 1 fully saturated rings. The van der Waals surface area contributed by atoms with Gasteiger partial charge in [0.15, 0.2) is 0 Å². The van der Waals surface area contributed by atoms with Crippen molar-refractivity contribution < 1.29 is 26.7 Å². The summed E-state index contributed by atoms with van der Waals surface area (Å²) < 4.78 is 68.8. The maximum absolute atomic E-state index is 13.0. The Hall–Kier alpha value is -3.74. The SMILES string of the molecule is CCCN(CCC)c1ccc(C(C)(F)F)cn1.Cc1cc(OC2CCC(C)CC2)ccn1.Cc1ccc(C#N)c(C(F)(F)F)c1. The van der Waals surface area contributed by atoms with Crippen molar-refractivity contribution in [2.45, 2.75) is 98.3 Å². The number of rotatable bonds is 8. The smallest absolute Gasteiger partial charge is 0.417 e. The number of pyridine rings is 2. The minimum atomic E-state index is -4.45. The fourth-order valence-corrected chi connectivity index (χ4v) is 4.84. The van der Waals surface area contributed by atoms with E-state index in [9.17, 15) is 22.0 Å². The second-order valence-electron chi connectivity index (χ2n) is 11.6. The van der Waals surface area contributed by atoms with Crippen molar-refractivity contribution in [2.24, 2.45) is 5.92 Å². The largest absolute Gasteiger partial charge is 0.490 e. The second-order valence-corrected chi connectivity index (χ2v) is 11.6. The summed E-state index contributed by atoms with van der Waals surface area (Å²) in [6, 6.07) is 12.2. The summed E-state index contributed by atoms with van der Waals surface area (Å²) in [6.07, 6.45) is 6.10. The van der Waals surface area contributed by atoms with Gasteiger partial charge in [0.05, 0.1) is 23.3 Å². The van der Waals surface area contributed by atoms with Gasteiger partial charge in [-0.3, -0.25) is 4.98 Å². The Morgan fingerprint density at radius 1 is 0.911 bits per heavy atom. The second kappa shape index (κ2) is 17.7. The van der Waals surface area contributed by atoms with Crippen LogP contribution in [-0.2, 0) is 12.1 Å². The first-order valence-corrected chi connectivity index (χ1v) is 15.4. The zero-order chi connectivity index (χ0) is 33.6. The van der Waals surface area contributed by atoms with Crippen molar-refractivity contribution in [3.05, 3.63) is 82.8 Å². The molecular formula is C35H45F5N4O. The number of aryl methyl sites for hydroxylation is 2. The van der Waals surface area contributed by atoms with Gasteiger partial charge in [0.25, 0.3) is 5.92 Å². The lowest BCUT2D eigenvalue weighted by atomic mass is 9.89. The Kier molecular flexibility index (Phi) is 14.7. The maximum atomic E-state index is 13.0. The molecule has 0 atom stereocenters. The predicted molar refractivity (Wildman–Crippen MR) is 169 cm³/mol. The lowest BCUT2D eigenvalue weighted by Crippen LogP contribution is -2.26. The fraction of sp³-hybridized carbons (Fsp3) is 0.514. The van der Waals surface area contributed by atoms with Crippen molar-refractivity contribution in [3.63, 3.8) is 0 Å². The molecule has 0 N–H and O–H groups in total. The number of benzene rings is 1. The third-order valence-electron chi connectivity index (χ3n) is 7.30. The highest BCUT2D eigenvalue weighted by Gasteiger charge is 2.33. The molecular weight excluding hydrogens is 587 g/mol. The lowest BCUT2D eigenvalue weighted by molar-refractivity contribution is -0.137. The number of aromatic nitrogens is 2. The van der Waals surface area contributed by atoms with Crippen LogP contribution in [0.25, 0.3) is 0 Å². The molecule has 246 valence electrons. The molecule has 5 nitrogen and oxygen atoms in total. The molecule has 0 amide bonds. The van der Waals surface area contributed by atoms with Gasteiger partial charge in [-0.2, -0.15) is 18.4 Å². The number of hydrogen-bond acceptors (Lipinski definition) is 5. The highest BCUT2D eigenvalue weighted by Crippen LogP contribution is 2.32. The van der Waals surface area contributed by atoms with Gasteiger partial charge in [-0.05, 0) is 88.6 Å². The highest BCUT2D eigenvalue weighted by atomic mass is 19.4. The number of halogens is 5. The first-order chi connectivity index (χ1) is 21.2. The molecule has 0 unspecified atom stereocenters. The molecule has 0 bridgehead atoms. The Morgan fingerprint density at radius 2 is 1.56 bits per heavy atom. The zero-order valence-electron chi connectivity index (χ0n) is 27.1. The van der Waals surface area contributed by atoms with Crippen molar-refractivity contribution >= 4 is 5.82 Å². The van der Waals surface area contributed by atoms with Crippen molar-refractivity contribution in [3.8, 4) is 11.8 Å². The molecule has 4 rings (SSSR count). The summed E-state index contributed by atoms with van der Waals surface area (Å²) in [4.78, 5) is 10.4. The van der Waals surface area contributed by atoms with Crippen LogP contribution in [0.1, 0.15) is 94.2 Å². The van der Waals surface area contributed by atoms with Crippen molar-refractivity contribution in [1.82, 2.24) is 9.97 Å². The summed E-state index contributed by atoms with van der Waals surface area (Å²) in [6.45, 7) is 12.8. The molecule has 1 aliphatic rings. The van der Waals surface area contributed by atoms with Gasteiger partial charge in [-0.1, -0.05) is 32.4 Å². The van der Waals surface area contributed by atoms with Crippen LogP contribution in [-0.4, -0.2) is 29.2 Å². The Labute approximate surface area is 264 Å². The zero-order valence-corrected chi connectivity index (χ0v) is 27.1. The molecule has 10 heteroatoms. The molecule has 1 aliphatic carbocycles. The summed E-state index contributed by atoms with van der Waals surface area (Å²) in [5.74, 6) is -0.181. The third-order valence-corrected chi connectivity index (χ3v) is 7.30. The molecule has 0 spiro atoms. The van der Waals surface area contributed by atoms with Crippen LogP contribution in [0.5, 0.6) is 5.75 Å². The average Bonchev–Trinajstić information content (AvgIpc) is 2.98. The van der Waals surface area contributed by atoms with E-state index in [0.29, 0.717) is 11.7 Å². The standard InChI is InChI=1S/C13H20F2N2.C13H19NO.C9H6F3N/c1-4-8-17(9-5-2)12-7-6-11(10-16-12)13(3,14)15;1-10-3-5-12(6-4-10)15-13-7-8-14-11(2)9-13;1-6-2-3-7(5-13)8(4-6)9(10,11)12/h6-7,10H,4-5,8-9H2,1-3H3;7-10,12H,3-6H2,1-2H3;2-4H,1H3. The summed E-state index contributed by atoms with van der Waals surface area (Å²) in [5, 5.41) is 8.42. The van der Waals surface area contributed by atoms with E-state index in [1.165, 1.54) is 56.1 Å². The number of hydrogen-bond donors (Lipinski definition) is 0. The molecule has 2 heterocycles. The van der Waals surface area contributed by atoms with Crippen LogP contribution in [0.2, 0.25) is 0 Å². The fourth-order valence-electron chi connectivity index (χ4n) is 4.84. The van der Waals surface area contributed by atoms with E-state index in [2.05, 4.69) is 35.6 Å². The van der Waals surface area contributed by atoms with E-state index in [1.807, 2.05) is 25.3 Å². The van der Waals surface area contributed by atoms with Crippen LogP contribution in [0.3, 0.4) is 0 Å². The number of nitriles is 1. The lowest BCUT2D eigenvalue weighted by Gasteiger charge is -2.26. The first-order valence-electron chi connectivity index (χ1n) is 15.4. The van der Waals surface area contributed by atoms with Crippen LogP contribution in [0.15, 0.2) is 54.9 Å². The van der Waals surface area contributed by atoms with E-state index < -0.39 is 17.7 Å². The molecule has 1 saturated carbocycles. The molecule has 1 aromatic carbocycles. The Bertz CT molecular complexity index is 1340. The summed E-state index contributed by atoms with van der Waals surface area (Å²) in [7, 11) is 0. The molecule has 0 aliphatic heterocycles. The van der Waals surface area contributed by atoms with Gasteiger partial charge < -0.3 is 9.64 Å². The van der Waals surface area contributed by atoms with Crippen molar-refractivity contribution in [1.29, 1.82) is 5.26 Å². The molecule has 3 aromatic rings. The van der Waals surface area contributed by atoms with E-state index in [1.54, 1.807) is 13.0 Å². The summed E-state index contributed by atoms with van der Waals surface area (Å²) in [5.41, 5.74) is 0.283. The summed E-state index contributed by atoms with van der Waals surface area (Å²) >= 11 is 0. The molecule has 0 radical (unpaired) electrons. The van der Waals surface area contributed by atoms with Gasteiger partial charge in [0.2, 0.25) is 0 Å². The normalized spacial score (nSPS) is 16.3. The number of ether oxygens (including phenoxy) is 1. The minimum Gasteiger partial charge on any atom is -0.490 e. The maximum Gasteiger partial charge on any atom is 0.417 e. The van der Waals surface area contributed by atoms with Gasteiger partial charge in [0.1, 0.15) is 11.6 Å². The quantitative estimate of drug-likeness (QED) is 0.231. The highest BCUT2D eigenvalue weighted by molar-refractivity contribution is 5.42. The monoisotopic (exact) mass is 632 g/mol. The van der Waals surface area contributed by atoms with E-state index in [0.717, 1.165) is 62.1 Å². The van der Waals surface area contributed by atoms with Gasteiger partial charge in [-0.25, -0.2) is 13.8 Å². The average molecular weight is 633 g/mol. The molecule has 2 aromatic heterocycles. The van der Waals surface area contributed by atoms with Gasteiger partial charge in [-0.15, -0.1) is 0 Å². The molecule has 0 saturated heterocycles. The van der Waals surface area contributed by atoms with Crippen molar-refractivity contribution in [2.75, 3.05) is 18.0 Å². The van der Waals surface area contributed by atoms with E-state index >= 15 is 0 Å². The van der Waals surface area contributed by atoms with Gasteiger partial charge in [0, 0.05) is 49.7 Å². The first kappa shape index (κ1) is 37.4. The number of anilines is 1. The third kappa shape index (κ3) is 13.0. The number of alkyl halides is 5.